The zero-order chi connectivity index (χ0) is 14.1. The number of methoxy groups -OCH3 is 1. The first kappa shape index (κ1) is 12.5. The van der Waals surface area contributed by atoms with Crippen LogP contribution in [0.5, 0.6) is 5.75 Å². The van der Waals surface area contributed by atoms with Crippen molar-refractivity contribution < 1.29 is 18.7 Å². The number of esters is 1. The molecule has 0 aliphatic carbocycles. The van der Waals surface area contributed by atoms with E-state index in [9.17, 15) is 4.79 Å². The second-order valence-electron chi connectivity index (χ2n) is 4.37. The smallest absolute Gasteiger partial charge is 0.374 e. The Morgan fingerprint density at radius 2 is 1.95 bits per heavy atom. The number of hydrogen-bond donors (Lipinski definition) is 0. The Labute approximate surface area is 115 Å². The first-order valence-electron chi connectivity index (χ1n) is 6.41. The topological polar surface area (TPSA) is 48.7 Å². The van der Waals surface area contributed by atoms with Crippen LogP contribution in [0.1, 0.15) is 17.5 Å². The van der Waals surface area contributed by atoms with Gasteiger partial charge in [0.05, 0.1) is 13.7 Å². The lowest BCUT2D eigenvalue weighted by Crippen LogP contribution is -2.02. The molecule has 0 radical (unpaired) electrons. The molecule has 0 atom stereocenters. The largest absolute Gasteiger partial charge is 0.496 e. The fraction of sp³-hybridized carbons (Fsp3) is 0.188. The van der Waals surface area contributed by atoms with Gasteiger partial charge in [-0.2, -0.15) is 0 Å². The van der Waals surface area contributed by atoms with Crippen molar-refractivity contribution in [2.75, 3.05) is 13.7 Å². The molecule has 0 fully saturated rings. The van der Waals surface area contributed by atoms with Crippen LogP contribution >= 0.6 is 0 Å². The minimum atomic E-state index is -0.452. The van der Waals surface area contributed by atoms with Crippen LogP contribution in [0.25, 0.3) is 21.7 Å². The Morgan fingerprint density at radius 3 is 2.65 bits per heavy atom. The molecular weight excluding hydrogens is 256 g/mol. The number of hydrogen-bond acceptors (Lipinski definition) is 4. The molecular formula is C16H14O4. The number of carbonyl (C=O) groups is 1. The van der Waals surface area contributed by atoms with Gasteiger partial charge in [0.1, 0.15) is 11.3 Å². The molecule has 0 aliphatic heterocycles. The molecule has 4 nitrogen and oxygen atoms in total. The van der Waals surface area contributed by atoms with Crippen molar-refractivity contribution in [3.05, 3.63) is 42.2 Å². The minimum Gasteiger partial charge on any atom is -0.496 e. The molecule has 1 aromatic heterocycles. The van der Waals surface area contributed by atoms with Gasteiger partial charge >= 0.3 is 5.97 Å². The first-order chi connectivity index (χ1) is 9.74. The molecule has 0 saturated carbocycles. The van der Waals surface area contributed by atoms with Crippen molar-refractivity contribution in [1.82, 2.24) is 0 Å². The van der Waals surface area contributed by atoms with Crippen molar-refractivity contribution in [3.8, 4) is 5.75 Å². The van der Waals surface area contributed by atoms with Crippen LogP contribution in [0.2, 0.25) is 0 Å². The molecule has 0 aliphatic rings. The molecule has 0 unspecified atom stereocenters. The highest BCUT2D eigenvalue weighted by Gasteiger charge is 2.16. The summed E-state index contributed by atoms with van der Waals surface area (Å²) in [5, 5.41) is 2.69. The van der Waals surface area contributed by atoms with E-state index in [2.05, 4.69) is 0 Å². The Morgan fingerprint density at radius 1 is 1.20 bits per heavy atom. The Hall–Kier alpha value is -2.49. The number of furan rings is 1. The number of rotatable bonds is 3. The molecule has 1 heterocycles. The molecule has 0 saturated heterocycles. The number of ether oxygens (including phenoxy) is 2. The third kappa shape index (κ3) is 1.90. The van der Waals surface area contributed by atoms with E-state index in [0.717, 1.165) is 21.9 Å². The lowest BCUT2D eigenvalue weighted by molar-refractivity contribution is 0.0493. The Bertz CT molecular complexity index is 786. The summed E-state index contributed by atoms with van der Waals surface area (Å²) in [6.07, 6.45) is 0. The Kier molecular flexibility index (Phi) is 3.06. The molecule has 3 rings (SSSR count). The summed E-state index contributed by atoms with van der Waals surface area (Å²) in [5.41, 5.74) is 0.671. The number of carbonyl (C=O) groups excluding carboxylic acids is 1. The van der Waals surface area contributed by atoms with E-state index in [1.807, 2.05) is 30.3 Å². The second kappa shape index (κ2) is 4.89. The van der Waals surface area contributed by atoms with Crippen LogP contribution in [0.4, 0.5) is 0 Å². The highest BCUT2D eigenvalue weighted by atomic mass is 16.5. The van der Waals surface area contributed by atoms with Gasteiger partial charge in [0, 0.05) is 16.2 Å². The molecule has 0 bridgehead atoms. The molecule has 3 aromatic rings. The predicted octanol–water partition coefficient (Wildman–Crippen LogP) is 3.77. The summed E-state index contributed by atoms with van der Waals surface area (Å²) in [5.74, 6) is 0.510. The average Bonchev–Trinajstić information content (AvgIpc) is 2.91. The quantitative estimate of drug-likeness (QED) is 0.680. The predicted molar refractivity (Wildman–Crippen MR) is 76.2 cm³/mol. The summed E-state index contributed by atoms with van der Waals surface area (Å²) in [6.45, 7) is 2.08. The standard InChI is InChI=1S/C16H14O4/c1-3-19-16(17)14-9-10-8-13(18-2)11-6-4-5-7-12(11)15(10)20-14/h4-9H,3H2,1-2H3. The maximum Gasteiger partial charge on any atom is 0.374 e. The van der Waals surface area contributed by atoms with Gasteiger partial charge in [-0.15, -0.1) is 0 Å². The highest BCUT2D eigenvalue weighted by Crippen LogP contribution is 2.35. The van der Waals surface area contributed by atoms with Crippen molar-refractivity contribution in [2.45, 2.75) is 6.92 Å². The van der Waals surface area contributed by atoms with Crippen molar-refractivity contribution in [2.24, 2.45) is 0 Å². The van der Waals surface area contributed by atoms with E-state index in [1.54, 1.807) is 20.1 Å². The number of benzene rings is 2. The maximum absolute atomic E-state index is 11.8. The fourth-order valence-electron chi connectivity index (χ4n) is 2.31. The van der Waals surface area contributed by atoms with Crippen LogP contribution in [0.15, 0.2) is 40.8 Å². The van der Waals surface area contributed by atoms with Crippen LogP contribution in [-0.4, -0.2) is 19.7 Å². The minimum absolute atomic E-state index is 0.209. The first-order valence-corrected chi connectivity index (χ1v) is 6.41. The molecule has 0 amide bonds. The molecule has 102 valence electrons. The molecule has 0 N–H and O–H groups in total. The molecule has 20 heavy (non-hydrogen) atoms. The van der Waals surface area contributed by atoms with Gasteiger partial charge in [-0.05, 0) is 19.1 Å². The van der Waals surface area contributed by atoms with Crippen LogP contribution in [-0.2, 0) is 4.74 Å². The second-order valence-corrected chi connectivity index (χ2v) is 4.37. The SMILES string of the molecule is CCOC(=O)c1cc2cc(OC)c3ccccc3c2o1. The fourth-order valence-corrected chi connectivity index (χ4v) is 2.31. The maximum atomic E-state index is 11.8. The van der Waals surface area contributed by atoms with E-state index in [-0.39, 0.29) is 5.76 Å². The number of fused-ring (bicyclic) bond motifs is 3. The van der Waals surface area contributed by atoms with Gasteiger partial charge < -0.3 is 13.9 Å². The molecule has 0 spiro atoms. The van der Waals surface area contributed by atoms with Gasteiger partial charge in [0.2, 0.25) is 5.76 Å². The van der Waals surface area contributed by atoms with E-state index < -0.39 is 5.97 Å². The molecule has 2 aromatic carbocycles. The van der Waals surface area contributed by atoms with E-state index in [4.69, 9.17) is 13.9 Å². The van der Waals surface area contributed by atoms with Gasteiger partial charge in [-0.1, -0.05) is 24.3 Å². The van der Waals surface area contributed by atoms with Gasteiger partial charge in [0.15, 0.2) is 0 Å². The van der Waals surface area contributed by atoms with E-state index in [1.165, 1.54) is 0 Å². The van der Waals surface area contributed by atoms with Crippen molar-refractivity contribution in [3.63, 3.8) is 0 Å². The van der Waals surface area contributed by atoms with Crippen LogP contribution in [0, 0.1) is 0 Å². The molecule has 4 heteroatoms. The average molecular weight is 270 g/mol. The normalized spacial score (nSPS) is 10.9. The van der Waals surface area contributed by atoms with E-state index in [0.29, 0.717) is 12.2 Å². The third-order valence-corrected chi connectivity index (χ3v) is 3.18. The highest BCUT2D eigenvalue weighted by molar-refractivity contribution is 6.09. The van der Waals surface area contributed by atoms with Crippen molar-refractivity contribution >= 4 is 27.7 Å². The van der Waals surface area contributed by atoms with Crippen LogP contribution < -0.4 is 4.74 Å². The van der Waals surface area contributed by atoms with Gasteiger partial charge in [0.25, 0.3) is 0 Å². The summed E-state index contributed by atoms with van der Waals surface area (Å²) in [7, 11) is 1.62. The van der Waals surface area contributed by atoms with Crippen LogP contribution in [0.3, 0.4) is 0 Å². The summed E-state index contributed by atoms with van der Waals surface area (Å²) in [6, 6.07) is 11.3. The Balaban J connectivity index is 2.28. The lowest BCUT2D eigenvalue weighted by Gasteiger charge is -2.05. The van der Waals surface area contributed by atoms with Crippen molar-refractivity contribution in [1.29, 1.82) is 0 Å². The lowest BCUT2D eigenvalue weighted by atomic mass is 10.1. The summed E-state index contributed by atoms with van der Waals surface area (Å²) >= 11 is 0. The third-order valence-electron chi connectivity index (χ3n) is 3.18. The van der Waals surface area contributed by atoms with E-state index >= 15 is 0 Å². The monoisotopic (exact) mass is 270 g/mol. The van der Waals surface area contributed by atoms with Gasteiger partial charge in [-0.3, -0.25) is 0 Å². The van der Waals surface area contributed by atoms with Gasteiger partial charge in [-0.25, -0.2) is 4.79 Å². The summed E-state index contributed by atoms with van der Waals surface area (Å²) < 4.78 is 16.0. The summed E-state index contributed by atoms with van der Waals surface area (Å²) in [4.78, 5) is 11.8. The zero-order valence-corrected chi connectivity index (χ0v) is 11.3. The zero-order valence-electron chi connectivity index (χ0n) is 11.3.